The van der Waals surface area contributed by atoms with Crippen LogP contribution in [0.5, 0.6) is 0 Å². The van der Waals surface area contributed by atoms with Crippen molar-refractivity contribution in [1.82, 2.24) is 4.90 Å². The Balaban J connectivity index is 1.23. The fourth-order valence-corrected chi connectivity index (χ4v) is 7.05. The molecule has 0 spiro atoms. The normalized spacial score (nSPS) is 22.0. The van der Waals surface area contributed by atoms with Crippen LogP contribution in [0.1, 0.15) is 49.0 Å². The third kappa shape index (κ3) is 7.35. The number of amides is 2. The number of ether oxygens (including phenoxy) is 1. The summed E-state index contributed by atoms with van der Waals surface area (Å²) in [5, 5.41) is 3.15. The minimum Gasteiger partial charge on any atom is -0.378 e. The highest BCUT2D eigenvalue weighted by Gasteiger charge is 2.41. The largest absolute Gasteiger partial charge is 0.378 e. The van der Waals surface area contributed by atoms with E-state index >= 15 is 0 Å². The van der Waals surface area contributed by atoms with Crippen LogP contribution in [0.2, 0.25) is 0 Å². The first-order valence-electron chi connectivity index (χ1n) is 15.9. The predicted octanol–water partition coefficient (Wildman–Crippen LogP) is 5.36. The number of hydrogen-bond donors (Lipinski definition) is 2. The van der Waals surface area contributed by atoms with Crippen LogP contribution in [0.4, 0.5) is 5.69 Å². The highest BCUT2D eigenvalue weighted by atomic mass is 16.5. The molecule has 0 bridgehead atoms. The number of rotatable bonds is 10. The zero-order valence-electron chi connectivity index (χ0n) is 25.7. The van der Waals surface area contributed by atoms with E-state index in [9.17, 15) is 9.59 Å². The smallest absolute Gasteiger partial charge is 0.256 e. The Morgan fingerprint density at radius 2 is 1.67 bits per heavy atom. The molecular formula is C36H47N4O3+. The maximum Gasteiger partial charge on any atom is 0.256 e. The molecule has 2 saturated heterocycles. The summed E-state index contributed by atoms with van der Waals surface area (Å²) in [5.74, 6) is 0.203. The van der Waals surface area contributed by atoms with Gasteiger partial charge in [0.25, 0.3) is 5.91 Å². The lowest BCUT2D eigenvalue weighted by molar-refractivity contribution is -0.954. The molecule has 2 aliphatic rings. The number of piperidine rings is 1. The van der Waals surface area contributed by atoms with Gasteiger partial charge in [0, 0.05) is 43.6 Å². The summed E-state index contributed by atoms with van der Waals surface area (Å²) in [4.78, 5) is 28.3. The molecule has 7 heteroatoms. The third-order valence-corrected chi connectivity index (χ3v) is 9.58. The first kappa shape index (κ1) is 30.9. The second kappa shape index (κ2) is 14.3. The van der Waals surface area contributed by atoms with E-state index in [4.69, 9.17) is 10.5 Å². The minimum atomic E-state index is -0.426. The first-order valence-corrected chi connectivity index (χ1v) is 15.9. The Kier molecular flexibility index (Phi) is 10.3. The zero-order valence-corrected chi connectivity index (χ0v) is 25.7. The van der Waals surface area contributed by atoms with E-state index in [1.165, 1.54) is 5.56 Å². The van der Waals surface area contributed by atoms with Crippen molar-refractivity contribution in [2.45, 2.75) is 51.6 Å². The number of carbonyl (C=O) groups excluding carboxylic acids is 2. The summed E-state index contributed by atoms with van der Waals surface area (Å²) < 4.78 is 6.46. The van der Waals surface area contributed by atoms with Crippen molar-refractivity contribution in [3.05, 3.63) is 90.0 Å². The molecule has 2 unspecified atom stereocenters. The van der Waals surface area contributed by atoms with Crippen LogP contribution >= 0.6 is 0 Å². The molecule has 2 fully saturated rings. The van der Waals surface area contributed by atoms with E-state index in [0.717, 1.165) is 66.6 Å². The van der Waals surface area contributed by atoms with Gasteiger partial charge in [0.2, 0.25) is 5.91 Å². The van der Waals surface area contributed by atoms with Gasteiger partial charge in [-0.15, -0.1) is 0 Å². The highest BCUT2D eigenvalue weighted by Crippen LogP contribution is 2.31. The van der Waals surface area contributed by atoms with Gasteiger partial charge in [-0.25, -0.2) is 0 Å². The second-order valence-corrected chi connectivity index (χ2v) is 12.3. The second-order valence-electron chi connectivity index (χ2n) is 12.3. The number of anilines is 1. The Labute approximate surface area is 256 Å². The highest BCUT2D eigenvalue weighted by molar-refractivity contribution is 6.08. The molecule has 43 heavy (non-hydrogen) atoms. The van der Waals surface area contributed by atoms with Crippen molar-refractivity contribution in [2.75, 3.05) is 51.3 Å². The van der Waals surface area contributed by atoms with E-state index in [-0.39, 0.29) is 17.7 Å². The summed E-state index contributed by atoms with van der Waals surface area (Å²) in [6.07, 6.45) is 3.98. The Morgan fingerprint density at radius 3 is 2.40 bits per heavy atom. The topological polar surface area (TPSA) is 84.7 Å². The molecule has 7 nitrogen and oxygen atoms in total. The van der Waals surface area contributed by atoms with Crippen molar-refractivity contribution in [3.8, 4) is 11.1 Å². The zero-order chi connectivity index (χ0) is 30.2. The monoisotopic (exact) mass is 583 g/mol. The molecule has 0 aliphatic carbocycles. The third-order valence-electron chi connectivity index (χ3n) is 9.58. The number of benzene rings is 3. The lowest BCUT2D eigenvalue weighted by Crippen LogP contribution is -2.61. The molecule has 2 heterocycles. The average Bonchev–Trinajstić information content (AvgIpc) is 3.05. The van der Waals surface area contributed by atoms with Crippen LogP contribution in [-0.4, -0.2) is 79.2 Å². The van der Waals surface area contributed by atoms with E-state index in [1.54, 1.807) is 0 Å². The van der Waals surface area contributed by atoms with Gasteiger partial charge in [-0.05, 0) is 54.2 Å². The summed E-state index contributed by atoms with van der Waals surface area (Å²) in [6, 6.07) is 26.0. The molecule has 0 radical (unpaired) electrons. The molecule has 0 aromatic heterocycles. The standard InChI is InChI=1S/C36H46N4O3/c1-3-20-40(21-16-30(17-22-40)34(37)36(42)39-18-23-43-24-19-39)27(2)25-28-10-9-13-31(26-28)38-35(41)33-15-8-7-14-32(33)29-11-5-4-6-12-29/h4-15,26-27,30,34H,3,16-25,37H2,1-2H3/p+1. The number of hydrogen-bond acceptors (Lipinski definition) is 4. The number of nitrogens with one attached hydrogen (secondary N) is 1. The van der Waals surface area contributed by atoms with Crippen molar-refractivity contribution in [3.63, 3.8) is 0 Å². The molecule has 2 aliphatic heterocycles. The maximum atomic E-state index is 13.4. The van der Waals surface area contributed by atoms with Gasteiger partial charge in [-0.2, -0.15) is 0 Å². The summed E-state index contributed by atoms with van der Waals surface area (Å²) in [7, 11) is 0. The molecule has 3 N–H and O–H groups in total. The summed E-state index contributed by atoms with van der Waals surface area (Å²) in [5.41, 5.74) is 11.2. The molecule has 3 aromatic rings. The van der Waals surface area contributed by atoms with Crippen LogP contribution < -0.4 is 11.1 Å². The van der Waals surface area contributed by atoms with E-state index in [0.29, 0.717) is 37.9 Å². The van der Waals surface area contributed by atoms with Crippen LogP contribution in [-0.2, 0) is 16.0 Å². The Hall–Kier alpha value is -3.52. The van der Waals surface area contributed by atoms with Crippen molar-refractivity contribution >= 4 is 17.5 Å². The number of nitrogens with two attached hydrogens (primary N) is 1. The van der Waals surface area contributed by atoms with Crippen molar-refractivity contribution < 1.29 is 18.8 Å². The first-order chi connectivity index (χ1) is 20.9. The number of carbonyl (C=O) groups is 2. The summed E-state index contributed by atoms with van der Waals surface area (Å²) >= 11 is 0. The van der Waals surface area contributed by atoms with Crippen molar-refractivity contribution in [2.24, 2.45) is 11.7 Å². The minimum absolute atomic E-state index is 0.0853. The molecule has 2 amide bonds. The SMILES string of the molecule is CCC[N+]1(C(C)Cc2cccc(NC(=O)c3ccccc3-c3ccccc3)c2)CCC(C(N)C(=O)N2CCOCC2)CC1. The number of quaternary nitrogens is 1. The van der Waals surface area contributed by atoms with Crippen LogP contribution in [0, 0.1) is 5.92 Å². The molecular weight excluding hydrogens is 536 g/mol. The molecule has 3 aromatic carbocycles. The van der Waals surface area contributed by atoms with Crippen molar-refractivity contribution in [1.29, 1.82) is 0 Å². The van der Waals surface area contributed by atoms with Crippen LogP contribution in [0.15, 0.2) is 78.9 Å². The van der Waals surface area contributed by atoms with Gasteiger partial charge < -0.3 is 25.2 Å². The summed E-state index contributed by atoms with van der Waals surface area (Å²) in [6.45, 7) is 10.3. The number of nitrogens with zero attached hydrogens (tertiary/aromatic N) is 2. The van der Waals surface area contributed by atoms with E-state index in [2.05, 4.69) is 31.3 Å². The molecule has 5 rings (SSSR count). The van der Waals surface area contributed by atoms with E-state index in [1.807, 2.05) is 71.6 Å². The number of likely N-dealkylation sites (tertiary alicyclic amines) is 1. The van der Waals surface area contributed by atoms with Gasteiger partial charge in [0.1, 0.15) is 0 Å². The fraction of sp³-hybridized carbons (Fsp3) is 0.444. The molecule has 2 atom stereocenters. The average molecular weight is 584 g/mol. The predicted molar refractivity (Wildman–Crippen MR) is 173 cm³/mol. The van der Waals surface area contributed by atoms with Gasteiger partial charge in [-0.1, -0.05) is 67.6 Å². The fourth-order valence-electron chi connectivity index (χ4n) is 7.05. The van der Waals surface area contributed by atoms with Gasteiger partial charge in [-0.3, -0.25) is 9.59 Å². The lowest BCUT2D eigenvalue weighted by atomic mass is 9.86. The lowest BCUT2D eigenvalue weighted by Gasteiger charge is -2.49. The van der Waals surface area contributed by atoms with Gasteiger partial charge >= 0.3 is 0 Å². The van der Waals surface area contributed by atoms with E-state index < -0.39 is 6.04 Å². The van der Waals surface area contributed by atoms with Gasteiger partial charge in [0.05, 0.1) is 44.9 Å². The number of morpholine rings is 1. The Morgan fingerprint density at radius 1 is 0.977 bits per heavy atom. The molecule has 0 saturated carbocycles. The quantitative estimate of drug-likeness (QED) is 0.315. The van der Waals surface area contributed by atoms with Crippen LogP contribution in [0.25, 0.3) is 11.1 Å². The maximum absolute atomic E-state index is 13.4. The Bertz CT molecular complexity index is 1360. The molecule has 228 valence electrons. The van der Waals surface area contributed by atoms with Gasteiger partial charge in [0.15, 0.2) is 0 Å². The van der Waals surface area contributed by atoms with Crippen LogP contribution in [0.3, 0.4) is 0 Å².